The number of rotatable bonds is 8. The third-order valence-corrected chi connectivity index (χ3v) is 4.33. The Morgan fingerprint density at radius 1 is 1.26 bits per heavy atom. The molecular weight excluding hydrogens is 304 g/mol. The lowest BCUT2D eigenvalue weighted by atomic mass is 10.1. The van der Waals surface area contributed by atoms with Gasteiger partial charge in [0.15, 0.2) is 5.96 Å². The lowest BCUT2D eigenvalue weighted by molar-refractivity contribution is 0.595. The van der Waals surface area contributed by atoms with E-state index in [9.17, 15) is 0 Å². The maximum absolute atomic E-state index is 4.70. The molecular formula is C18H26N4S. The van der Waals surface area contributed by atoms with E-state index >= 15 is 0 Å². The van der Waals surface area contributed by atoms with Crippen LogP contribution in [0.25, 0.3) is 0 Å². The average molecular weight is 331 g/mol. The summed E-state index contributed by atoms with van der Waals surface area (Å²) < 4.78 is 0. The number of aliphatic imine (C=N–C) groups is 1. The Balaban J connectivity index is 1.77. The molecule has 0 aliphatic heterocycles. The molecule has 2 aromatic heterocycles. The third-order valence-electron chi connectivity index (χ3n) is 3.43. The van der Waals surface area contributed by atoms with Gasteiger partial charge in [-0.05, 0) is 42.8 Å². The second kappa shape index (κ2) is 10.0. The molecule has 23 heavy (non-hydrogen) atoms. The predicted molar refractivity (Wildman–Crippen MR) is 99.1 cm³/mol. The number of aromatic nitrogens is 1. The highest BCUT2D eigenvalue weighted by atomic mass is 32.1. The first-order valence-corrected chi connectivity index (χ1v) is 9.10. The second-order valence-corrected chi connectivity index (χ2v) is 6.64. The molecule has 5 heteroatoms. The van der Waals surface area contributed by atoms with Gasteiger partial charge in [0.1, 0.15) is 0 Å². The van der Waals surface area contributed by atoms with Gasteiger partial charge in [0, 0.05) is 42.8 Å². The van der Waals surface area contributed by atoms with Crippen LogP contribution in [0, 0.1) is 5.92 Å². The van der Waals surface area contributed by atoms with Gasteiger partial charge in [-0.1, -0.05) is 19.1 Å². The maximum atomic E-state index is 4.70. The largest absolute Gasteiger partial charge is 0.357 e. The van der Waals surface area contributed by atoms with Crippen molar-refractivity contribution in [2.45, 2.75) is 26.7 Å². The Kier molecular flexibility index (Phi) is 7.60. The molecule has 0 aromatic carbocycles. The van der Waals surface area contributed by atoms with Gasteiger partial charge in [-0.15, -0.1) is 11.3 Å². The van der Waals surface area contributed by atoms with Gasteiger partial charge in [-0.25, -0.2) is 0 Å². The van der Waals surface area contributed by atoms with E-state index in [1.807, 2.05) is 29.7 Å². The fourth-order valence-corrected chi connectivity index (χ4v) is 3.15. The molecule has 0 radical (unpaired) electrons. The first-order chi connectivity index (χ1) is 11.3. The van der Waals surface area contributed by atoms with Crippen molar-refractivity contribution < 1.29 is 0 Å². The van der Waals surface area contributed by atoms with E-state index in [1.54, 1.807) is 0 Å². The van der Waals surface area contributed by atoms with Gasteiger partial charge in [0.2, 0.25) is 0 Å². The summed E-state index contributed by atoms with van der Waals surface area (Å²) in [4.78, 5) is 10.5. The molecule has 2 N–H and O–H groups in total. The Labute approximate surface area is 143 Å². The molecule has 0 saturated heterocycles. The molecule has 4 nitrogen and oxygen atoms in total. The van der Waals surface area contributed by atoms with Crippen molar-refractivity contribution in [2.75, 3.05) is 19.6 Å². The standard InChI is InChI=1S/C18H26N4S/c1-3-19-18(21-11-9-16-7-4-5-10-20-16)22-14-15(2)13-17-8-6-12-23-17/h4-8,10,12,15H,3,9,11,13-14H2,1-2H3,(H2,19,21,22). The Hall–Kier alpha value is -1.88. The quantitative estimate of drug-likeness (QED) is 0.577. The van der Waals surface area contributed by atoms with Gasteiger partial charge in [0.25, 0.3) is 0 Å². The maximum Gasteiger partial charge on any atom is 0.191 e. The molecule has 2 heterocycles. The van der Waals surface area contributed by atoms with Crippen LogP contribution in [0.4, 0.5) is 0 Å². The van der Waals surface area contributed by atoms with E-state index < -0.39 is 0 Å². The highest BCUT2D eigenvalue weighted by Gasteiger charge is 2.05. The van der Waals surface area contributed by atoms with Crippen LogP contribution in [0.15, 0.2) is 46.9 Å². The normalized spacial score (nSPS) is 12.9. The summed E-state index contributed by atoms with van der Waals surface area (Å²) in [5.74, 6) is 1.43. The van der Waals surface area contributed by atoms with Crippen molar-refractivity contribution in [3.05, 3.63) is 52.5 Å². The molecule has 2 aromatic rings. The Morgan fingerprint density at radius 3 is 2.87 bits per heavy atom. The van der Waals surface area contributed by atoms with Gasteiger partial charge in [-0.2, -0.15) is 0 Å². The van der Waals surface area contributed by atoms with E-state index in [0.717, 1.165) is 44.1 Å². The van der Waals surface area contributed by atoms with Crippen LogP contribution in [0.2, 0.25) is 0 Å². The summed E-state index contributed by atoms with van der Waals surface area (Å²) in [7, 11) is 0. The van der Waals surface area contributed by atoms with Crippen LogP contribution in [0.5, 0.6) is 0 Å². The minimum atomic E-state index is 0.542. The Morgan fingerprint density at radius 2 is 2.17 bits per heavy atom. The van der Waals surface area contributed by atoms with E-state index in [2.05, 4.69) is 53.0 Å². The number of thiophene rings is 1. The van der Waals surface area contributed by atoms with Crippen LogP contribution in [0.3, 0.4) is 0 Å². The first kappa shape index (κ1) is 17.5. The molecule has 0 spiro atoms. The summed E-state index contributed by atoms with van der Waals surface area (Å²) in [6, 6.07) is 10.3. The zero-order chi connectivity index (χ0) is 16.3. The van der Waals surface area contributed by atoms with Gasteiger partial charge in [0.05, 0.1) is 0 Å². The number of hydrogen-bond acceptors (Lipinski definition) is 3. The van der Waals surface area contributed by atoms with E-state index in [1.165, 1.54) is 4.88 Å². The van der Waals surface area contributed by atoms with Crippen LogP contribution >= 0.6 is 11.3 Å². The first-order valence-electron chi connectivity index (χ1n) is 8.22. The second-order valence-electron chi connectivity index (χ2n) is 5.61. The smallest absolute Gasteiger partial charge is 0.191 e. The number of pyridine rings is 1. The van der Waals surface area contributed by atoms with Crippen molar-refractivity contribution in [3.8, 4) is 0 Å². The van der Waals surface area contributed by atoms with Crippen LogP contribution < -0.4 is 10.6 Å². The number of nitrogens with one attached hydrogen (secondary N) is 2. The molecule has 1 unspecified atom stereocenters. The van der Waals surface area contributed by atoms with Gasteiger partial charge in [-0.3, -0.25) is 9.98 Å². The van der Waals surface area contributed by atoms with Crippen LogP contribution in [0.1, 0.15) is 24.4 Å². The molecule has 0 amide bonds. The minimum Gasteiger partial charge on any atom is -0.357 e. The summed E-state index contributed by atoms with van der Waals surface area (Å²) in [6.07, 6.45) is 3.82. The van der Waals surface area contributed by atoms with Crippen molar-refractivity contribution in [1.29, 1.82) is 0 Å². The molecule has 0 aliphatic rings. The van der Waals surface area contributed by atoms with Crippen molar-refractivity contribution in [1.82, 2.24) is 15.6 Å². The molecule has 2 rings (SSSR count). The lowest BCUT2D eigenvalue weighted by Gasteiger charge is -2.13. The number of guanidine groups is 1. The van der Waals surface area contributed by atoms with E-state index in [4.69, 9.17) is 4.99 Å². The van der Waals surface area contributed by atoms with Crippen molar-refractivity contribution in [3.63, 3.8) is 0 Å². The minimum absolute atomic E-state index is 0.542. The monoisotopic (exact) mass is 330 g/mol. The molecule has 0 fully saturated rings. The zero-order valence-corrected chi connectivity index (χ0v) is 14.8. The molecule has 124 valence electrons. The fraction of sp³-hybridized carbons (Fsp3) is 0.444. The predicted octanol–water partition coefficient (Wildman–Crippen LogP) is 3.12. The number of hydrogen-bond donors (Lipinski definition) is 2. The summed E-state index contributed by atoms with van der Waals surface area (Å²) in [6.45, 7) is 6.87. The Bertz CT molecular complexity index is 566. The van der Waals surface area contributed by atoms with Crippen LogP contribution in [-0.2, 0) is 12.8 Å². The van der Waals surface area contributed by atoms with E-state index in [0.29, 0.717) is 5.92 Å². The SMILES string of the molecule is CCNC(=NCC(C)Cc1cccs1)NCCc1ccccn1. The van der Waals surface area contributed by atoms with Crippen LogP contribution in [-0.4, -0.2) is 30.6 Å². The molecule has 0 aliphatic carbocycles. The highest BCUT2D eigenvalue weighted by Crippen LogP contribution is 2.14. The summed E-state index contributed by atoms with van der Waals surface area (Å²) in [5, 5.41) is 8.82. The van der Waals surface area contributed by atoms with Gasteiger partial charge < -0.3 is 10.6 Å². The topological polar surface area (TPSA) is 49.3 Å². The molecule has 0 bridgehead atoms. The average Bonchev–Trinajstić information content (AvgIpc) is 3.06. The zero-order valence-electron chi connectivity index (χ0n) is 14.0. The highest BCUT2D eigenvalue weighted by molar-refractivity contribution is 7.09. The molecule has 0 saturated carbocycles. The lowest BCUT2D eigenvalue weighted by Crippen LogP contribution is -2.38. The van der Waals surface area contributed by atoms with Gasteiger partial charge >= 0.3 is 0 Å². The summed E-state index contributed by atoms with van der Waals surface area (Å²) in [5.41, 5.74) is 1.10. The summed E-state index contributed by atoms with van der Waals surface area (Å²) >= 11 is 1.82. The van der Waals surface area contributed by atoms with Crippen molar-refractivity contribution >= 4 is 17.3 Å². The number of nitrogens with zero attached hydrogens (tertiary/aromatic N) is 2. The third kappa shape index (κ3) is 6.82. The fourth-order valence-electron chi connectivity index (χ4n) is 2.28. The van der Waals surface area contributed by atoms with E-state index in [-0.39, 0.29) is 0 Å². The molecule has 1 atom stereocenters. The van der Waals surface area contributed by atoms with Crippen molar-refractivity contribution in [2.24, 2.45) is 10.9 Å².